The third kappa shape index (κ3) is 6.02. The van der Waals surface area contributed by atoms with Crippen molar-refractivity contribution in [3.8, 4) is 22.8 Å². The molecule has 5 nitrogen and oxygen atoms in total. The largest absolute Gasteiger partial charge is 0.507 e. The number of phenolic OH excluding ortho intramolecular Hbond substituents is 1. The molecular formula is C26H33N3O2S. The predicted octanol–water partition coefficient (Wildman–Crippen LogP) is 5.98. The summed E-state index contributed by atoms with van der Waals surface area (Å²) in [5, 5.41) is 20.4. The number of hydrogen-bond acceptors (Lipinski definition) is 6. The molecule has 1 saturated carbocycles. The molecule has 0 bridgehead atoms. The SMILES string of the molecule is COc1ccc(CNC2CCC(CCNc3nc(-c4ccc(C)cc4)cs3)CC2)c(O)c1. The summed E-state index contributed by atoms with van der Waals surface area (Å²) in [5.41, 5.74) is 4.41. The normalized spacial score (nSPS) is 18.4. The molecule has 6 heteroatoms. The molecular weight excluding hydrogens is 418 g/mol. The molecule has 1 fully saturated rings. The van der Waals surface area contributed by atoms with Gasteiger partial charge in [-0.05, 0) is 51.0 Å². The number of aromatic nitrogens is 1. The lowest BCUT2D eigenvalue weighted by Gasteiger charge is -2.29. The summed E-state index contributed by atoms with van der Waals surface area (Å²) in [6, 6.07) is 14.6. The van der Waals surface area contributed by atoms with Gasteiger partial charge in [0.05, 0.1) is 12.8 Å². The van der Waals surface area contributed by atoms with E-state index in [0.29, 0.717) is 24.1 Å². The van der Waals surface area contributed by atoms with Crippen LogP contribution >= 0.6 is 11.3 Å². The highest BCUT2D eigenvalue weighted by atomic mass is 32.1. The third-order valence-electron chi connectivity index (χ3n) is 6.40. The first-order valence-corrected chi connectivity index (χ1v) is 12.3. The zero-order valence-corrected chi connectivity index (χ0v) is 19.8. The van der Waals surface area contributed by atoms with Crippen LogP contribution < -0.4 is 15.4 Å². The Morgan fingerprint density at radius 2 is 1.88 bits per heavy atom. The fourth-order valence-electron chi connectivity index (χ4n) is 4.32. The van der Waals surface area contributed by atoms with Gasteiger partial charge in [0.25, 0.3) is 0 Å². The number of aromatic hydroxyl groups is 1. The number of rotatable bonds is 9. The topological polar surface area (TPSA) is 66.4 Å². The van der Waals surface area contributed by atoms with E-state index in [0.717, 1.165) is 28.9 Å². The van der Waals surface area contributed by atoms with Gasteiger partial charge in [0, 0.05) is 41.7 Å². The molecule has 0 saturated heterocycles. The summed E-state index contributed by atoms with van der Waals surface area (Å²) in [7, 11) is 1.61. The molecule has 0 atom stereocenters. The first-order chi connectivity index (χ1) is 15.6. The van der Waals surface area contributed by atoms with Crippen LogP contribution in [0.1, 0.15) is 43.2 Å². The van der Waals surface area contributed by atoms with E-state index < -0.39 is 0 Å². The zero-order valence-electron chi connectivity index (χ0n) is 18.9. The first-order valence-electron chi connectivity index (χ1n) is 11.5. The van der Waals surface area contributed by atoms with Crippen LogP contribution in [-0.4, -0.2) is 29.8 Å². The Balaban J connectivity index is 1.15. The van der Waals surface area contributed by atoms with Crippen molar-refractivity contribution in [2.45, 2.75) is 51.6 Å². The van der Waals surface area contributed by atoms with Crippen LogP contribution in [0.15, 0.2) is 47.8 Å². The highest BCUT2D eigenvalue weighted by Gasteiger charge is 2.21. The third-order valence-corrected chi connectivity index (χ3v) is 7.20. The van der Waals surface area contributed by atoms with Crippen molar-refractivity contribution in [2.75, 3.05) is 19.0 Å². The van der Waals surface area contributed by atoms with Crippen molar-refractivity contribution < 1.29 is 9.84 Å². The Morgan fingerprint density at radius 3 is 2.59 bits per heavy atom. The van der Waals surface area contributed by atoms with Crippen LogP contribution in [0, 0.1) is 12.8 Å². The molecule has 1 aliphatic carbocycles. The summed E-state index contributed by atoms with van der Waals surface area (Å²) >= 11 is 1.68. The van der Waals surface area contributed by atoms with Crippen LogP contribution in [0.5, 0.6) is 11.5 Å². The van der Waals surface area contributed by atoms with E-state index in [2.05, 4.69) is 47.2 Å². The van der Waals surface area contributed by atoms with Crippen molar-refractivity contribution in [1.82, 2.24) is 10.3 Å². The van der Waals surface area contributed by atoms with Crippen molar-refractivity contribution in [3.05, 3.63) is 59.0 Å². The Morgan fingerprint density at radius 1 is 1.09 bits per heavy atom. The van der Waals surface area contributed by atoms with Gasteiger partial charge in [0.2, 0.25) is 0 Å². The number of nitrogens with zero attached hydrogens (tertiary/aromatic N) is 1. The zero-order chi connectivity index (χ0) is 22.3. The molecule has 1 aliphatic rings. The molecule has 1 aromatic heterocycles. The molecule has 0 amide bonds. The second-order valence-corrected chi connectivity index (χ2v) is 9.57. The van der Waals surface area contributed by atoms with Gasteiger partial charge in [-0.25, -0.2) is 4.98 Å². The summed E-state index contributed by atoms with van der Waals surface area (Å²) in [6.45, 7) is 3.77. The smallest absolute Gasteiger partial charge is 0.183 e. The Kier molecular flexibility index (Phi) is 7.66. The molecule has 3 aromatic rings. The van der Waals surface area contributed by atoms with E-state index in [-0.39, 0.29) is 0 Å². The maximum absolute atomic E-state index is 10.1. The predicted molar refractivity (Wildman–Crippen MR) is 133 cm³/mol. The maximum Gasteiger partial charge on any atom is 0.183 e. The van der Waals surface area contributed by atoms with Crippen LogP contribution in [0.25, 0.3) is 11.3 Å². The van der Waals surface area contributed by atoms with Crippen molar-refractivity contribution in [3.63, 3.8) is 0 Å². The monoisotopic (exact) mass is 451 g/mol. The lowest BCUT2D eigenvalue weighted by Crippen LogP contribution is -2.33. The van der Waals surface area contributed by atoms with Gasteiger partial charge in [-0.15, -0.1) is 11.3 Å². The highest BCUT2D eigenvalue weighted by molar-refractivity contribution is 7.14. The van der Waals surface area contributed by atoms with E-state index in [1.54, 1.807) is 24.5 Å². The number of ether oxygens (including phenoxy) is 1. The van der Waals surface area contributed by atoms with Crippen molar-refractivity contribution >= 4 is 16.5 Å². The van der Waals surface area contributed by atoms with Crippen LogP contribution in [0.2, 0.25) is 0 Å². The molecule has 32 heavy (non-hydrogen) atoms. The summed E-state index contributed by atoms with van der Waals surface area (Å²) < 4.78 is 5.15. The average molecular weight is 452 g/mol. The van der Waals surface area contributed by atoms with Gasteiger partial charge in [0.1, 0.15) is 11.5 Å². The maximum atomic E-state index is 10.1. The lowest BCUT2D eigenvalue weighted by molar-refractivity contribution is 0.282. The summed E-state index contributed by atoms with van der Waals surface area (Å²) in [5.74, 6) is 1.75. The minimum Gasteiger partial charge on any atom is -0.507 e. The van der Waals surface area contributed by atoms with E-state index in [1.807, 2.05) is 12.1 Å². The average Bonchev–Trinajstić information content (AvgIpc) is 3.28. The summed E-state index contributed by atoms with van der Waals surface area (Å²) in [6.07, 6.45) is 6.07. The van der Waals surface area contributed by atoms with E-state index in [4.69, 9.17) is 9.72 Å². The highest BCUT2D eigenvalue weighted by Crippen LogP contribution is 2.29. The molecule has 0 unspecified atom stereocenters. The second-order valence-electron chi connectivity index (χ2n) is 8.71. The quantitative estimate of drug-likeness (QED) is 0.373. The molecule has 4 rings (SSSR count). The number of thiazole rings is 1. The summed E-state index contributed by atoms with van der Waals surface area (Å²) in [4.78, 5) is 4.75. The van der Waals surface area contributed by atoms with Gasteiger partial charge < -0.3 is 20.5 Å². The number of anilines is 1. The van der Waals surface area contributed by atoms with Gasteiger partial charge in [-0.2, -0.15) is 0 Å². The molecule has 0 radical (unpaired) electrons. The first kappa shape index (κ1) is 22.6. The molecule has 2 aromatic carbocycles. The van der Waals surface area contributed by atoms with E-state index in [1.165, 1.54) is 43.2 Å². The standard InChI is InChI=1S/C26H33N3O2S/c1-18-3-7-20(8-4-18)24-17-32-26(29-24)27-14-13-19-5-10-22(11-6-19)28-16-21-9-12-23(31-2)15-25(21)30/h3-4,7-9,12,15,17,19,22,28,30H,5-6,10-11,13-14,16H2,1-2H3,(H,27,29). The second kappa shape index (κ2) is 10.8. The molecule has 0 aliphatic heterocycles. The number of methoxy groups -OCH3 is 1. The van der Waals surface area contributed by atoms with Crippen LogP contribution in [0.4, 0.5) is 5.13 Å². The van der Waals surface area contributed by atoms with Crippen molar-refractivity contribution in [1.29, 1.82) is 0 Å². The number of aryl methyl sites for hydroxylation is 1. The van der Waals surface area contributed by atoms with Crippen molar-refractivity contribution in [2.24, 2.45) is 5.92 Å². The van der Waals surface area contributed by atoms with E-state index >= 15 is 0 Å². The van der Waals surface area contributed by atoms with Crippen LogP contribution in [0.3, 0.4) is 0 Å². The molecule has 170 valence electrons. The Hall–Kier alpha value is -2.57. The van der Waals surface area contributed by atoms with Gasteiger partial charge in [-0.3, -0.25) is 0 Å². The number of benzene rings is 2. The molecule has 0 spiro atoms. The van der Waals surface area contributed by atoms with Gasteiger partial charge in [-0.1, -0.05) is 35.9 Å². The molecule has 3 N–H and O–H groups in total. The minimum absolute atomic E-state index is 0.296. The van der Waals surface area contributed by atoms with Gasteiger partial charge in [0.15, 0.2) is 5.13 Å². The number of hydrogen-bond donors (Lipinski definition) is 3. The fourth-order valence-corrected chi connectivity index (χ4v) is 5.07. The van der Waals surface area contributed by atoms with Crippen LogP contribution in [-0.2, 0) is 6.54 Å². The van der Waals surface area contributed by atoms with E-state index in [9.17, 15) is 5.11 Å². The molecule has 1 heterocycles. The number of nitrogens with one attached hydrogen (secondary N) is 2. The number of phenols is 1. The minimum atomic E-state index is 0.296. The fraction of sp³-hybridized carbons (Fsp3) is 0.423. The Bertz CT molecular complexity index is 995. The van der Waals surface area contributed by atoms with Gasteiger partial charge >= 0.3 is 0 Å². The Labute approximate surface area is 194 Å². The lowest BCUT2D eigenvalue weighted by atomic mass is 9.84.